The lowest BCUT2D eigenvalue weighted by Crippen LogP contribution is -2.62. The van der Waals surface area contributed by atoms with Gasteiger partial charge in [-0.25, -0.2) is 9.59 Å². The summed E-state index contributed by atoms with van der Waals surface area (Å²) in [4.78, 5) is 38.3. The van der Waals surface area contributed by atoms with Crippen molar-refractivity contribution >= 4 is 29.0 Å². The summed E-state index contributed by atoms with van der Waals surface area (Å²) in [5, 5.41) is 89.6. The number of fused-ring (bicyclic) bond motifs is 1. The molecule has 3 aromatic carbocycles. The number of aliphatic hydroxyl groups excluding tert-OH is 2. The zero-order valence-electron chi connectivity index (χ0n) is 23.0. The number of rotatable bonds is 7. The molecule has 5 rings (SSSR count). The maximum Gasteiger partial charge on any atom is 0.335 e. The summed E-state index contributed by atoms with van der Waals surface area (Å²) >= 11 is 0. The van der Waals surface area contributed by atoms with Gasteiger partial charge in [-0.2, -0.15) is 0 Å². The molecule has 1 fully saturated rings. The van der Waals surface area contributed by atoms with Crippen molar-refractivity contribution in [2.75, 3.05) is 0 Å². The Kier molecular flexibility index (Phi) is 8.34. The van der Waals surface area contributed by atoms with Crippen LogP contribution in [0, 0.1) is 0 Å². The number of benzene rings is 3. The van der Waals surface area contributed by atoms with E-state index in [0.29, 0.717) is 0 Å². The molecule has 0 unspecified atom stereocenters. The molecule has 1 aliphatic heterocycles. The Morgan fingerprint density at radius 2 is 1.48 bits per heavy atom. The third-order valence-corrected chi connectivity index (χ3v) is 6.84. The Balaban J connectivity index is 1.58. The molecule has 0 bridgehead atoms. The zero-order chi connectivity index (χ0) is 33.4. The summed E-state index contributed by atoms with van der Waals surface area (Å²) in [6.45, 7) is 0. The highest BCUT2D eigenvalue weighted by Gasteiger charge is 2.51. The summed E-state index contributed by atoms with van der Waals surface area (Å²) in [7, 11) is 0. The van der Waals surface area contributed by atoms with Gasteiger partial charge in [0, 0.05) is 23.8 Å². The lowest BCUT2D eigenvalue weighted by atomic mass is 9.98. The van der Waals surface area contributed by atoms with Crippen molar-refractivity contribution in [2.24, 2.45) is 0 Å². The smallest absolute Gasteiger partial charge is 0.335 e. The molecule has 16 nitrogen and oxygen atoms in total. The summed E-state index contributed by atoms with van der Waals surface area (Å²) in [6.07, 6.45) is -8.68. The second-order valence-electron chi connectivity index (χ2n) is 9.98. The number of ether oxygens (including phenoxy) is 3. The molecule has 0 saturated carbocycles. The van der Waals surface area contributed by atoms with Crippen LogP contribution >= 0.6 is 0 Å². The number of carbonyl (C=O) groups is 2. The van der Waals surface area contributed by atoms with E-state index >= 15 is 0 Å². The van der Waals surface area contributed by atoms with Gasteiger partial charge in [0.15, 0.2) is 41.0 Å². The van der Waals surface area contributed by atoms with Gasteiger partial charge < -0.3 is 64.6 Å². The van der Waals surface area contributed by atoms with Crippen LogP contribution in [0.25, 0.3) is 28.4 Å². The van der Waals surface area contributed by atoms with Gasteiger partial charge in [0.2, 0.25) is 17.5 Å². The van der Waals surface area contributed by atoms with E-state index in [0.717, 1.165) is 48.6 Å². The number of phenols is 6. The first-order chi connectivity index (χ1) is 21.7. The van der Waals surface area contributed by atoms with E-state index in [1.165, 1.54) is 12.1 Å². The summed E-state index contributed by atoms with van der Waals surface area (Å²) in [6, 6.07) is 8.55. The van der Waals surface area contributed by atoms with Crippen LogP contribution in [-0.2, 0) is 19.1 Å². The molecule has 46 heavy (non-hydrogen) atoms. The van der Waals surface area contributed by atoms with Gasteiger partial charge in [-0.05, 0) is 42.0 Å². The van der Waals surface area contributed by atoms with E-state index in [4.69, 9.17) is 18.6 Å². The average molecular weight is 641 g/mol. The number of carbonyl (C=O) groups excluding carboxylic acids is 1. The van der Waals surface area contributed by atoms with Gasteiger partial charge in [0.1, 0.15) is 34.7 Å². The van der Waals surface area contributed by atoms with Crippen molar-refractivity contribution in [2.45, 2.75) is 30.7 Å². The van der Waals surface area contributed by atoms with Crippen LogP contribution in [0.5, 0.6) is 40.2 Å². The number of carboxylic acid groups (broad SMARTS) is 1. The first kappa shape index (κ1) is 31.5. The highest BCUT2D eigenvalue weighted by molar-refractivity contribution is 5.89. The molecular weight excluding hydrogens is 616 g/mol. The fraction of sp³-hybridized carbons (Fsp3) is 0.167. The van der Waals surface area contributed by atoms with E-state index in [9.17, 15) is 60.3 Å². The molecular formula is C30H24O16. The number of aliphatic hydroxyl groups is 2. The molecule has 240 valence electrons. The standard InChI is InChI=1S/C30H24O16/c31-13-9-18(36)21-19(10-13)43-25(12-3-5-15(33)17(35)8-12)26(22(21)38)45-30-28(24(40)23(39)27(46-30)29(41)42)44-20(37)6-2-11-1-4-14(32)16(34)7-11/h1-10,23-24,27-28,30-36,39-40H,(H,41,42)/b6-2+/t23-,24-,27-,28+,30+/m0/s1. The van der Waals surface area contributed by atoms with Crippen LogP contribution in [-0.4, -0.2) is 88.6 Å². The highest BCUT2D eigenvalue weighted by Crippen LogP contribution is 2.39. The van der Waals surface area contributed by atoms with E-state index in [1.54, 1.807) is 0 Å². The molecule has 5 atom stereocenters. The first-order valence-electron chi connectivity index (χ1n) is 13.1. The number of aliphatic carboxylic acids is 1. The number of hydrogen-bond acceptors (Lipinski definition) is 15. The Hall–Kier alpha value is -5.97. The number of aromatic hydroxyl groups is 6. The Morgan fingerprint density at radius 1 is 0.804 bits per heavy atom. The maximum absolute atomic E-state index is 13.7. The van der Waals surface area contributed by atoms with E-state index < -0.39 is 99.5 Å². The Morgan fingerprint density at radius 3 is 2.13 bits per heavy atom. The Labute approximate surface area is 256 Å². The van der Waals surface area contributed by atoms with Crippen LogP contribution in [0.15, 0.2) is 63.8 Å². The molecule has 2 heterocycles. The number of hydrogen-bond donors (Lipinski definition) is 9. The predicted octanol–water partition coefficient (Wildman–Crippen LogP) is 1.23. The molecule has 0 radical (unpaired) electrons. The van der Waals surface area contributed by atoms with E-state index in [1.807, 2.05) is 0 Å². The fourth-order valence-electron chi connectivity index (χ4n) is 4.59. The molecule has 1 saturated heterocycles. The molecule has 4 aromatic rings. The number of carboxylic acids is 1. The average Bonchev–Trinajstić information content (AvgIpc) is 2.99. The Bertz CT molecular complexity index is 1930. The monoisotopic (exact) mass is 640 g/mol. The largest absolute Gasteiger partial charge is 0.508 e. The summed E-state index contributed by atoms with van der Waals surface area (Å²) in [5.41, 5.74) is -1.39. The topological polar surface area (TPSA) is 274 Å². The maximum atomic E-state index is 13.7. The van der Waals surface area contributed by atoms with Gasteiger partial charge in [-0.3, -0.25) is 4.79 Å². The molecule has 0 spiro atoms. The van der Waals surface area contributed by atoms with Gasteiger partial charge in [-0.1, -0.05) is 6.07 Å². The van der Waals surface area contributed by atoms with E-state index in [2.05, 4.69) is 0 Å². The lowest BCUT2D eigenvalue weighted by molar-refractivity contribution is -0.275. The summed E-state index contributed by atoms with van der Waals surface area (Å²) < 4.78 is 22.0. The van der Waals surface area contributed by atoms with Gasteiger partial charge >= 0.3 is 11.9 Å². The van der Waals surface area contributed by atoms with Crippen LogP contribution < -0.4 is 10.2 Å². The van der Waals surface area contributed by atoms with Crippen LogP contribution in [0.2, 0.25) is 0 Å². The van der Waals surface area contributed by atoms with Gasteiger partial charge in [0.05, 0.1) is 0 Å². The van der Waals surface area contributed by atoms with E-state index in [-0.39, 0.29) is 16.7 Å². The third kappa shape index (κ3) is 6.03. The van der Waals surface area contributed by atoms with Crippen LogP contribution in [0.4, 0.5) is 0 Å². The van der Waals surface area contributed by atoms with Crippen LogP contribution in [0.3, 0.4) is 0 Å². The van der Waals surface area contributed by atoms with Crippen molar-refractivity contribution in [3.63, 3.8) is 0 Å². The molecule has 16 heteroatoms. The van der Waals surface area contributed by atoms with Gasteiger partial charge in [0.25, 0.3) is 0 Å². The predicted molar refractivity (Wildman–Crippen MR) is 152 cm³/mol. The SMILES string of the molecule is O=C(/C=C/c1ccc(O)c(O)c1)O[C@H]1[C@H](Oc2c(-c3ccc(O)c(O)c3)oc3cc(O)cc(O)c3c2=O)O[C@H](C(=O)O)[C@@H](O)[C@@H]1O. The minimum absolute atomic E-state index is 0.119. The quantitative estimate of drug-likeness (QED) is 0.0780. The minimum Gasteiger partial charge on any atom is -0.508 e. The fourth-order valence-corrected chi connectivity index (χ4v) is 4.59. The van der Waals surface area contributed by atoms with Crippen molar-refractivity contribution in [1.82, 2.24) is 0 Å². The molecule has 1 aliphatic rings. The van der Waals surface area contributed by atoms with Crippen molar-refractivity contribution in [1.29, 1.82) is 0 Å². The summed E-state index contributed by atoms with van der Waals surface area (Å²) in [5.74, 6) is -7.68. The number of phenolic OH excluding ortho intramolecular Hbond substituents is 6. The van der Waals surface area contributed by atoms with Crippen molar-refractivity contribution in [3.8, 4) is 51.6 Å². The molecule has 0 amide bonds. The third-order valence-electron chi connectivity index (χ3n) is 6.84. The number of esters is 1. The van der Waals surface area contributed by atoms with Gasteiger partial charge in [-0.15, -0.1) is 0 Å². The highest BCUT2D eigenvalue weighted by atomic mass is 16.7. The van der Waals surface area contributed by atoms with Crippen molar-refractivity contribution < 1.29 is 74.2 Å². The minimum atomic E-state index is -2.17. The molecule has 9 N–H and O–H groups in total. The van der Waals surface area contributed by atoms with Crippen LogP contribution in [0.1, 0.15) is 5.56 Å². The van der Waals surface area contributed by atoms with Crippen molar-refractivity contribution in [3.05, 3.63) is 70.4 Å². The zero-order valence-corrected chi connectivity index (χ0v) is 23.0. The second-order valence-corrected chi connectivity index (χ2v) is 9.98. The lowest BCUT2D eigenvalue weighted by Gasteiger charge is -2.40. The second kappa shape index (κ2) is 12.2. The normalized spacial score (nSPS) is 21.3. The molecule has 1 aromatic heterocycles. The molecule has 0 aliphatic carbocycles. The first-order valence-corrected chi connectivity index (χ1v) is 13.1.